The monoisotopic (exact) mass is 161 g/mol. The van der Waals surface area contributed by atoms with Crippen LogP contribution in [0.15, 0.2) is 0 Å². The van der Waals surface area contributed by atoms with Crippen LogP contribution in [0.2, 0.25) is 0 Å². The van der Waals surface area contributed by atoms with E-state index in [0.29, 0.717) is 5.54 Å². The van der Waals surface area contributed by atoms with Gasteiger partial charge in [-0.05, 0) is 19.4 Å². The highest BCUT2D eigenvalue weighted by Gasteiger charge is 2.56. The predicted octanol–water partition coefficient (Wildman–Crippen LogP) is 0.886. The molecule has 2 unspecified atom stereocenters. The third-order valence-corrected chi connectivity index (χ3v) is 3.23. The number of rotatable bonds is 0. The third kappa shape index (κ3) is 0.417. The number of alkyl halides is 1. The van der Waals surface area contributed by atoms with Gasteiger partial charge in [-0.2, -0.15) is 0 Å². The van der Waals surface area contributed by atoms with E-state index in [9.17, 15) is 0 Å². The van der Waals surface area contributed by atoms with Crippen LogP contribution in [0.4, 0.5) is 0 Å². The van der Waals surface area contributed by atoms with Crippen molar-refractivity contribution in [3.63, 3.8) is 0 Å². The molecular formula is C5H8BrN. The van der Waals surface area contributed by atoms with Crippen LogP contribution in [0.3, 0.4) is 0 Å². The van der Waals surface area contributed by atoms with Crippen LogP contribution in [0, 0.1) is 0 Å². The van der Waals surface area contributed by atoms with Gasteiger partial charge in [0.25, 0.3) is 0 Å². The molecule has 0 bridgehead atoms. The smallest absolute Gasteiger partial charge is 0.0346 e. The minimum Gasteiger partial charge on any atom is -0.310 e. The molecule has 1 aliphatic carbocycles. The molecule has 0 amide bonds. The molecule has 2 atom stereocenters. The maximum Gasteiger partial charge on any atom is 0.0346 e. The second kappa shape index (κ2) is 1.06. The SMILES string of the molecule is BrC1CC12CCN2. The van der Waals surface area contributed by atoms with Crippen LogP contribution in [0.1, 0.15) is 12.8 Å². The molecule has 2 aliphatic rings. The van der Waals surface area contributed by atoms with Gasteiger partial charge in [-0.25, -0.2) is 0 Å². The largest absolute Gasteiger partial charge is 0.310 e. The fourth-order valence-corrected chi connectivity index (χ4v) is 2.12. The molecule has 0 radical (unpaired) electrons. The molecule has 0 aromatic heterocycles. The molecule has 1 aliphatic heterocycles. The Balaban J connectivity index is 2.05. The lowest BCUT2D eigenvalue weighted by molar-refractivity contribution is 0.353. The Morgan fingerprint density at radius 1 is 1.71 bits per heavy atom. The summed E-state index contributed by atoms with van der Waals surface area (Å²) in [6.07, 6.45) is 2.75. The van der Waals surface area contributed by atoms with E-state index in [1.54, 1.807) is 0 Å². The van der Waals surface area contributed by atoms with Gasteiger partial charge in [0.15, 0.2) is 0 Å². The average Bonchev–Trinajstić information content (AvgIpc) is 2.10. The number of hydrogen-bond acceptors (Lipinski definition) is 1. The van der Waals surface area contributed by atoms with E-state index < -0.39 is 0 Å². The van der Waals surface area contributed by atoms with Crippen molar-refractivity contribution in [2.24, 2.45) is 0 Å². The van der Waals surface area contributed by atoms with Crippen molar-refractivity contribution in [3.8, 4) is 0 Å². The van der Waals surface area contributed by atoms with E-state index in [4.69, 9.17) is 0 Å². The van der Waals surface area contributed by atoms with Gasteiger partial charge in [-0.15, -0.1) is 0 Å². The minimum atomic E-state index is 0.597. The van der Waals surface area contributed by atoms with Crippen molar-refractivity contribution in [3.05, 3.63) is 0 Å². The predicted molar refractivity (Wildman–Crippen MR) is 32.7 cm³/mol. The Kier molecular flexibility index (Phi) is 0.653. The summed E-state index contributed by atoms with van der Waals surface area (Å²) >= 11 is 3.55. The molecule has 40 valence electrons. The second-order valence-corrected chi connectivity index (χ2v) is 3.61. The summed E-state index contributed by atoms with van der Waals surface area (Å²) in [6, 6.07) is 0. The minimum absolute atomic E-state index is 0.597. The van der Waals surface area contributed by atoms with Gasteiger partial charge in [0.05, 0.1) is 0 Å². The summed E-state index contributed by atoms with van der Waals surface area (Å²) in [5.41, 5.74) is 0.597. The molecule has 1 nitrogen and oxygen atoms in total. The zero-order chi connectivity index (χ0) is 4.91. The molecular weight excluding hydrogens is 154 g/mol. The Morgan fingerprint density at radius 2 is 2.29 bits per heavy atom. The highest BCUT2D eigenvalue weighted by atomic mass is 79.9. The van der Waals surface area contributed by atoms with E-state index in [1.807, 2.05) is 0 Å². The van der Waals surface area contributed by atoms with Crippen LogP contribution in [0.25, 0.3) is 0 Å². The number of hydrogen-bond donors (Lipinski definition) is 1. The summed E-state index contributed by atoms with van der Waals surface area (Å²) in [4.78, 5) is 0.800. The van der Waals surface area contributed by atoms with E-state index >= 15 is 0 Å². The van der Waals surface area contributed by atoms with Gasteiger partial charge in [0, 0.05) is 10.4 Å². The molecule has 1 saturated carbocycles. The van der Waals surface area contributed by atoms with Crippen molar-refractivity contribution in [1.82, 2.24) is 5.32 Å². The Morgan fingerprint density at radius 3 is 2.29 bits per heavy atom. The topological polar surface area (TPSA) is 12.0 Å². The zero-order valence-corrected chi connectivity index (χ0v) is 5.66. The Bertz CT molecular complexity index is 92.7. The number of nitrogens with one attached hydrogen (secondary N) is 1. The van der Waals surface area contributed by atoms with Crippen LogP contribution in [-0.4, -0.2) is 16.9 Å². The maximum absolute atomic E-state index is 3.55. The van der Waals surface area contributed by atoms with E-state index in [0.717, 1.165) is 4.83 Å². The highest BCUT2D eigenvalue weighted by Crippen LogP contribution is 2.49. The van der Waals surface area contributed by atoms with E-state index in [2.05, 4.69) is 21.2 Å². The van der Waals surface area contributed by atoms with Crippen LogP contribution in [-0.2, 0) is 0 Å². The van der Waals surface area contributed by atoms with Crippen LogP contribution in [0.5, 0.6) is 0 Å². The van der Waals surface area contributed by atoms with Gasteiger partial charge in [-0.3, -0.25) is 0 Å². The lowest BCUT2D eigenvalue weighted by Crippen LogP contribution is -2.47. The van der Waals surface area contributed by atoms with Crippen molar-refractivity contribution >= 4 is 15.9 Å². The van der Waals surface area contributed by atoms with Crippen molar-refractivity contribution in [2.45, 2.75) is 23.2 Å². The van der Waals surface area contributed by atoms with Crippen LogP contribution < -0.4 is 5.32 Å². The summed E-state index contributed by atoms with van der Waals surface area (Å²) in [7, 11) is 0. The lowest BCUT2D eigenvalue weighted by atomic mass is 10.1. The van der Waals surface area contributed by atoms with Gasteiger partial charge in [0.1, 0.15) is 0 Å². The Labute approximate surface area is 51.6 Å². The lowest BCUT2D eigenvalue weighted by Gasteiger charge is -2.27. The van der Waals surface area contributed by atoms with Gasteiger partial charge >= 0.3 is 0 Å². The summed E-state index contributed by atoms with van der Waals surface area (Å²) in [5.74, 6) is 0. The zero-order valence-electron chi connectivity index (χ0n) is 4.08. The fraction of sp³-hybridized carbons (Fsp3) is 1.00. The molecule has 1 saturated heterocycles. The van der Waals surface area contributed by atoms with Crippen molar-refractivity contribution < 1.29 is 0 Å². The average molecular weight is 162 g/mol. The molecule has 2 fully saturated rings. The van der Waals surface area contributed by atoms with E-state index in [1.165, 1.54) is 19.4 Å². The first-order valence-electron chi connectivity index (χ1n) is 2.73. The molecule has 0 aromatic rings. The van der Waals surface area contributed by atoms with Crippen molar-refractivity contribution in [2.75, 3.05) is 6.54 Å². The Hall–Kier alpha value is 0.440. The van der Waals surface area contributed by atoms with E-state index in [-0.39, 0.29) is 0 Å². The van der Waals surface area contributed by atoms with Gasteiger partial charge < -0.3 is 5.32 Å². The first-order valence-corrected chi connectivity index (χ1v) is 3.64. The second-order valence-electron chi connectivity index (χ2n) is 2.50. The first kappa shape index (κ1) is 4.33. The first-order chi connectivity index (χ1) is 3.33. The van der Waals surface area contributed by atoms with Crippen LogP contribution >= 0.6 is 15.9 Å². The molecule has 1 N–H and O–H groups in total. The summed E-state index contributed by atoms with van der Waals surface area (Å²) in [6.45, 7) is 1.24. The quantitative estimate of drug-likeness (QED) is 0.521. The maximum atomic E-state index is 3.55. The van der Waals surface area contributed by atoms with Gasteiger partial charge in [0.2, 0.25) is 0 Å². The number of halogens is 1. The normalized spacial score (nSPS) is 57.0. The van der Waals surface area contributed by atoms with Crippen molar-refractivity contribution in [1.29, 1.82) is 0 Å². The molecule has 2 rings (SSSR count). The van der Waals surface area contributed by atoms with Gasteiger partial charge in [-0.1, -0.05) is 15.9 Å². The highest BCUT2D eigenvalue weighted by molar-refractivity contribution is 9.09. The molecule has 1 heterocycles. The molecule has 1 spiro atoms. The summed E-state index contributed by atoms with van der Waals surface area (Å²) in [5, 5.41) is 3.40. The fourth-order valence-electron chi connectivity index (χ4n) is 1.15. The molecule has 7 heavy (non-hydrogen) atoms. The molecule has 0 aromatic carbocycles. The third-order valence-electron chi connectivity index (χ3n) is 2.03. The summed E-state index contributed by atoms with van der Waals surface area (Å²) < 4.78 is 0. The standard InChI is InChI=1S/C5H8BrN/c6-4-3-5(4)1-2-7-5/h4,7H,1-3H2. The molecule has 2 heteroatoms.